The van der Waals surface area contributed by atoms with Gasteiger partial charge in [0.05, 0.1) is 4.92 Å². The Morgan fingerprint density at radius 2 is 2.15 bits per heavy atom. The van der Waals surface area contributed by atoms with Gasteiger partial charge in [0.25, 0.3) is 5.69 Å². The lowest BCUT2D eigenvalue weighted by atomic mass is 10.1. The van der Waals surface area contributed by atoms with E-state index in [-0.39, 0.29) is 11.2 Å². The third-order valence-electron chi connectivity index (χ3n) is 2.45. The van der Waals surface area contributed by atoms with Gasteiger partial charge in [0, 0.05) is 34.3 Å². The van der Waals surface area contributed by atoms with Crippen LogP contribution in [0.2, 0.25) is 0 Å². The summed E-state index contributed by atoms with van der Waals surface area (Å²) in [5.74, 6) is 0.618. The minimum absolute atomic E-state index is 0.0562. The van der Waals surface area contributed by atoms with Crippen LogP contribution in [0, 0.1) is 10.1 Å². The zero-order valence-corrected chi connectivity index (χ0v) is 13.5. The van der Waals surface area contributed by atoms with Crippen LogP contribution in [0.4, 0.5) is 5.69 Å². The van der Waals surface area contributed by atoms with Crippen molar-refractivity contribution < 1.29 is 9.66 Å². The van der Waals surface area contributed by atoms with Gasteiger partial charge in [-0.3, -0.25) is 10.1 Å². The van der Waals surface area contributed by atoms with Crippen molar-refractivity contribution in [3.8, 4) is 5.75 Å². The van der Waals surface area contributed by atoms with Crippen molar-refractivity contribution in [2.24, 2.45) is 0 Å². The van der Waals surface area contributed by atoms with Gasteiger partial charge in [0.2, 0.25) is 0 Å². The molecule has 0 fully saturated rings. The average molecular weight is 343 g/mol. The van der Waals surface area contributed by atoms with Crippen LogP contribution in [0.25, 0.3) is 0 Å². The lowest BCUT2D eigenvalue weighted by Crippen LogP contribution is -2.35. The highest BCUT2D eigenvalue weighted by atomic mass is 79.9. The maximum atomic E-state index is 10.9. The first-order chi connectivity index (χ1) is 9.19. The Bertz CT molecular complexity index is 510. The van der Waals surface area contributed by atoms with Gasteiger partial charge in [-0.15, -0.1) is 0 Å². The van der Waals surface area contributed by atoms with Crippen molar-refractivity contribution in [3.63, 3.8) is 0 Å². The highest BCUT2D eigenvalue weighted by molar-refractivity contribution is 9.11. The molecule has 20 heavy (non-hydrogen) atoms. The Balaban J connectivity index is 2.96. The molecule has 0 atom stereocenters. The van der Waals surface area contributed by atoms with E-state index < -0.39 is 4.92 Å². The van der Waals surface area contributed by atoms with Crippen LogP contribution in [-0.2, 0) is 6.54 Å². The van der Waals surface area contributed by atoms with Gasteiger partial charge in [-0.2, -0.15) is 0 Å². The highest BCUT2D eigenvalue weighted by Crippen LogP contribution is 2.25. The lowest BCUT2D eigenvalue weighted by Gasteiger charge is -2.21. The summed E-state index contributed by atoms with van der Waals surface area (Å²) in [5.41, 5.74) is 0.726. The second-order valence-electron chi connectivity index (χ2n) is 5.46. The largest absolute Gasteiger partial charge is 0.488 e. The molecule has 1 N–H and O–H groups in total. The first kappa shape index (κ1) is 16.7. The smallest absolute Gasteiger partial charge is 0.270 e. The molecule has 0 heterocycles. The Hall–Kier alpha value is -1.40. The number of nitro benzene ring substituents is 1. The van der Waals surface area contributed by atoms with Gasteiger partial charge in [-0.25, -0.2) is 0 Å². The SMILES string of the molecule is C=C(Br)COc1ccc([N+](=O)[O-])cc1CNC(C)(C)C. The molecule has 0 unspecified atom stereocenters. The third kappa shape index (κ3) is 5.71. The second-order valence-corrected chi connectivity index (χ2v) is 6.58. The number of halogens is 1. The van der Waals surface area contributed by atoms with Crippen molar-refractivity contribution >= 4 is 21.6 Å². The number of non-ortho nitro benzene ring substituents is 1. The van der Waals surface area contributed by atoms with Crippen LogP contribution in [0.3, 0.4) is 0 Å². The molecule has 0 aliphatic carbocycles. The summed E-state index contributed by atoms with van der Waals surface area (Å²) < 4.78 is 6.30. The van der Waals surface area contributed by atoms with E-state index in [1.165, 1.54) is 12.1 Å². The summed E-state index contributed by atoms with van der Waals surface area (Å²) in [7, 11) is 0. The molecule has 0 aromatic heterocycles. The number of hydrogen-bond donors (Lipinski definition) is 1. The molecular weight excluding hydrogens is 324 g/mol. The second kappa shape index (κ2) is 6.85. The third-order valence-corrected chi connectivity index (χ3v) is 2.68. The molecule has 110 valence electrons. The molecule has 6 heteroatoms. The number of benzene rings is 1. The Morgan fingerprint density at radius 1 is 1.50 bits per heavy atom. The van der Waals surface area contributed by atoms with Crippen LogP contribution < -0.4 is 10.1 Å². The molecule has 5 nitrogen and oxygen atoms in total. The lowest BCUT2D eigenvalue weighted by molar-refractivity contribution is -0.384. The van der Waals surface area contributed by atoms with Gasteiger partial charge in [0.15, 0.2) is 0 Å². The van der Waals surface area contributed by atoms with Crippen molar-refractivity contribution in [2.75, 3.05) is 6.61 Å². The fourth-order valence-electron chi connectivity index (χ4n) is 1.47. The first-order valence-electron chi connectivity index (χ1n) is 6.17. The monoisotopic (exact) mass is 342 g/mol. The summed E-state index contributed by atoms with van der Waals surface area (Å²) in [4.78, 5) is 10.4. The zero-order chi connectivity index (χ0) is 15.3. The zero-order valence-electron chi connectivity index (χ0n) is 11.9. The van der Waals surface area contributed by atoms with E-state index in [9.17, 15) is 10.1 Å². The molecule has 0 aliphatic rings. The number of ether oxygens (including phenoxy) is 1. The summed E-state index contributed by atoms with van der Waals surface area (Å²) >= 11 is 3.22. The first-order valence-corrected chi connectivity index (χ1v) is 6.97. The molecule has 1 aromatic rings. The van der Waals surface area contributed by atoms with E-state index in [0.29, 0.717) is 23.4 Å². The van der Waals surface area contributed by atoms with Crippen LogP contribution in [0.15, 0.2) is 29.3 Å². The van der Waals surface area contributed by atoms with Gasteiger partial charge in [-0.05, 0) is 26.8 Å². The Labute approximate surface area is 127 Å². The van der Waals surface area contributed by atoms with Gasteiger partial charge in [-0.1, -0.05) is 22.5 Å². The average Bonchev–Trinajstić information content (AvgIpc) is 2.33. The summed E-state index contributed by atoms with van der Waals surface area (Å²) in [6.07, 6.45) is 0. The summed E-state index contributed by atoms with van der Waals surface area (Å²) in [6, 6.07) is 4.59. The fraction of sp³-hybridized carbons (Fsp3) is 0.429. The van der Waals surface area contributed by atoms with E-state index in [1.54, 1.807) is 6.07 Å². The van der Waals surface area contributed by atoms with Gasteiger partial charge < -0.3 is 10.1 Å². The maximum Gasteiger partial charge on any atom is 0.270 e. The number of nitro groups is 1. The predicted molar refractivity (Wildman–Crippen MR) is 83.3 cm³/mol. The quantitative estimate of drug-likeness (QED) is 0.631. The van der Waals surface area contributed by atoms with Crippen LogP contribution in [0.1, 0.15) is 26.3 Å². The molecule has 0 amide bonds. The molecule has 0 bridgehead atoms. The van der Waals surface area contributed by atoms with E-state index >= 15 is 0 Å². The van der Waals surface area contributed by atoms with Crippen LogP contribution in [0.5, 0.6) is 5.75 Å². The number of nitrogens with one attached hydrogen (secondary N) is 1. The van der Waals surface area contributed by atoms with E-state index in [4.69, 9.17) is 4.74 Å². The topological polar surface area (TPSA) is 64.4 Å². The fourth-order valence-corrected chi connectivity index (χ4v) is 1.59. The van der Waals surface area contributed by atoms with Crippen molar-refractivity contribution in [1.82, 2.24) is 5.32 Å². The number of hydrogen-bond acceptors (Lipinski definition) is 4. The molecule has 0 spiro atoms. The highest BCUT2D eigenvalue weighted by Gasteiger charge is 2.15. The molecule has 1 aromatic carbocycles. The van der Waals surface area contributed by atoms with Crippen LogP contribution >= 0.6 is 15.9 Å². The molecule has 0 aliphatic heterocycles. The number of nitrogens with zero attached hydrogens (tertiary/aromatic N) is 1. The van der Waals surface area contributed by atoms with Crippen molar-refractivity contribution in [3.05, 3.63) is 44.9 Å². The minimum Gasteiger partial charge on any atom is -0.488 e. The predicted octanol–water partition coefficient (Wildman–Crippen LogP) is 3.77. The minimum atomic E-state index is -0.409. The van der Waals surface area contributed by atoms with Crippen molar-refractivity contribution in [2.45, 2.75) is 32.9 Å². The van der Waals surface area contributed by atoms with Crippen LogP contribution in [-0.4, -0.2) is 17.1 Å². The molecule has 0 saturated carbocycles. The van der Waals surface area contributed by atoms with Gasteiger partial charge >= 0.3 is 0 Å². The van der Waals surface area contributed by atoms with Crippen molar-refractivity contribution in [1.29, 1.82) is 0 Å². The maximum absolute atomic E-state index is 10.9. The summed E-state index contributed by atoms with van der Waals surface area (Å²) in [5, 5.41) is 14.2. The van der Waals surface area contributed by atoms with E-state index in [1.807, 2.05) is 20.8 Å². The molecule has 1 rings (SSSR count). The molecule has 0 radical (unpaired) electrons. The molecule has 0 saturated heterocycles. The van der Waals surface area contributed by atoms with E-state index in [2.05, 4.69) is 27.8 Å². The number of rotatable bonds is 6. The normalized spacial score (nSPS) is 11.2. The summed E-state index contributed by atoms with van der Waals surface area (Å²) in [6.45, 7) is 10.6. The Kier molecular flexibility index (Phi) is 5.71. The Morgan fingerprint density at radius 3 is 2.65 bits per heavy atom. The van der Waals surface area contributed by atoms with E-state index in [0.717, 1.165) is 5.56 Å². The van der Waals surface area contributed by atoms with Gasteiger partial charge in [0.1, 0.15) is 12.4 Å². The standard InChI is InChI=1S/C14H19BrN2O3/c1-10(15)9-20-13-6-5-12(17(18)19)7-11(13)8-16-14(2,3)4/h5-7,16H,1,8-9H2,2-4H3. The molecular formula is C14H19BrN2O3.